The maximum absolute atomic E-state index is 12.5. The number of carbonyl (C=O) groups is 2. The number of hydrogen-bond acceptors (Lipinski definition) is 2. The molecule has 0 bridgehead atoms. The Morgan fingerprint density at radius 3 is 2.48 bits per heavy atom. The normalized spacial score (nSPS) is 17.3. The average molecular weight is 308 g/mol. The van der Waals surface area contributed by atoms with E-state index in [1.807, 2.05) is 54.6 Å². The molecule has 1 fully saturated rings. The maximum Gasteiger partial charge on any atom is 0.239 e. The van der Waals surface area contributed by atoms with Crippen molar-refractivity contribution < 1.29 is 9.59 Å². The minimum Gasteiger partial charge on any atom is -0.325 e. The second-order valence-electron chi connectivity index (χ2n) is 5.71. The number of carbonyl (C=O) groups excluding carboxylic acids is 2. The number of nitrogens with zero attached hydrogens (tertiary/aromatic N) is 1. The highest BCUT2D eigenvalue weighted by molar-refractivity contribution is 6.13. The van der Waals surface area contributed by atoms with Gasteiger partial charge in [-0.3, -0.25) is 9.59 Å². The lowest BCUT2D eigenvalue weighted by Crippen LogP contribution is -2.33. The molecule has 1 N–H and O–H groups in total. The second-order valence-corrected chi connectivity index (χ2v) is 5.71. The van der Waals surface area contributed by atoms with Crippen LogP contribution in [0.1, 0.15) is 18.9 Å². The topological polar surface area (TPSA) is 49.4 Å². The number of aryl methyl sites for hydroxylation is 1. The van der Waals surface area contributed by atoms with Crippen molar-refractivity contribution >= 4 is 23.2 Å². The van der Waals surface area contributed by atoms with Crippen molar-refractivity contribution in [1.82, 2.24) is 0 Å². The number of para-hydroxylation sites is 1. The number of anilines is 2. The first-order chi connectivity index (χ1) is 11.2. The van der Waals surface area contributed by atoms with Crippen LogP contribution in [-0.4, -0.2) is 18.4 Å². The number of hydrogen-bond donors (Lipinski definition) is 1. The van der Waals surface area contributed by atoms with Gasteiger partial charge in [0.25, 0.3) is 0 Å². The van der Waals surface area contributed by atoms with Gasteiger partial charge in [0.05, 0.1) is 0 Å². The van der Waals surface area contributed by atoms with Crippen LogP contribution in [0.15, 0.2) is 54.6 Å². The Morgan fingerprint density at radius 2 is 1.83 bits per heavy atom. The average Bonchev–Trinajstić information content (AvgIpc) is 2.98. The van der Waals surface area contributed by atoms with Crippen LogP contribution in [0.5, 0.6) is 0 Å². The van der Waals surface area contributed by atoms with Gasteiger partial charge in [0, 0.05) is 17.9 Å². The van der Waals surface area contributed by atoms with Crippen molar-refractivity contribution in [2.75, 3.05) is 16.8 Å². The lowest BCUT2D eigenvalue weighted by Gasteiger charge is -2.16. The Labute approximate surface area is 136 Å². The fraction of sp³-hybridized carbons (Fsp3) is 0.263. The number of nitrogens with one attached hydrogen (secondary N) is 1. The van der Waals surface area contributed by atoms with Gasteiger partial charge >= 0.3 is 0 Å². The molecule has 0 unspecified atom stereocenters. The molecule has 1 heterocycles. The summed E-state index contributed by atoms with van der Waals surface area (Å²) in [5.41, 5.74) is 2.80. The van der Waals surface area contributed by atoms with E-state index >= 15 is 0 Å². The van der Waals surface area contributed by atoms with E-state index in [0.717, 1.165) is 17.8 Å². The van der Waals surface area contributed by atoms with Crippen molar-refractivity contribution in [3.63, 3.8) is 0 Å². The standard InChI is InChI=1S/C19H20N2O2/c1-2-14-8-10-15(11-9-14)20-18(22)17-12-13-21(19(17)23)16-6-4-3-5-7-16/h3-11,17H,2,12-13H2,1H3,(H,20,22)/t17-/m0/s1. The van der Waals surface area contributed by atoms with Crippen LogP contribution in [0.3, 0.4) is 0 Å². The molecule has 118 valence electrons. The van der Waals surface area contributed by atoms with Gasteiger partial charge in [-0.05, 0) is 42.7 Å². The van der Waals surface area contributed by atoms with E-state index in [2.05, 4.69) is 12.2 Å². The molecule has 3 rings (SSSR count). The summed E-state index contributed by atoms with van der Waals surface area (Å²) in [6.45, 7) is 2.67. The molecular weight excluding hydrogens is 288 g/mol. The molecule has 23 heavy (non-hydrogen) atoms. The van der Waals surface area contributed by atoms with Crippen LogP contribution < -0.4 is 10.2 Å². The van der Waals surface area contributed by atoms with Crippen LogP contribution in [-0.2, 0) is 16.0 Å². The smallest absolute Gasteiger partial charge is 0.239 e. The first-order valence-corrected chi connectivity index (χ1v) is 7.95. The zero-order valence-electron chi connectivity index (χ0n) is 13.2. The fourth-order valence-corrected chi connectivity index (χ4v) is 2.84. The molecule has 2 aromatic carbocycles. The maximum atomic E-state index is 12.5. The molecule has 1 aliphatic rings. The summed E-state index contributed by atoms with van der Waals surface area (Å²) in [7, 11) is 0. The van der Waals surface area contributed by atoms with Crippen LogP contribution >= 0.6 is 0 Å². The van der Waals surface area contributed by atoms with Crippen LogP contribution in [0.25, 0.3) is 0 Å². The first-order valence-electron chi connectivity index (χ1n) is 7.95. The van der Waals surface area contributed by atoms with E-state index in [0.29, 0.717) is 13.0 Å². The van der Waals surface area contributed by atoms with E-state index in [1.165, 1.54) is 5.56 Å². The molecule has 0 spiro atoms. The summed E-state index contributed by atoms with van der Waals surface area (Å²) in [6.07, 6.45) is 1.51. The summed E-state index contributed by atoms with van der Waals surface area (Å²) < 4.78 is 0. The van der Waals surface area contributed by atoms with Gasteiger partial charge in [0.2, 0.25) is 11.8 Å². The number of rotatable bonds is 4. The third-order valence-electron chi connectivity index (χ3n) is 4.22. The highest BCUT2D eigenvalue weighted by atomic mass is 16.2. The Kier molecular flexibility index (Phi) is 4.42. The molecule has 1 aliphatic heterocycles. The van der Waals surface area contributed by atoms with Gasteiger partial charge in [-0.25, -0.2) is 0 Å². The van der Waals surface area contributed by atoms with Crippen molar-refractivity contribution in [3.8, 4) is 0 Å². The Bertz CT molecular complexity index is 695. The minimum atomic E-state index is -0.610. The number of amides is 2. The predicted molar refractivity (Wildman–Crippen MR) is 91.4 cm³/mol. The first kappa shape index (κ1) is 15.3. The molecular formula is C19H20N2O2. The molecule has 1 atom stereocenters. The molecule has 0 aromatic heterocycles. The lowest BCUT2D eigenvalue weighted by molar-refractivity contribution is -0.129. The molecule has 0 saturated carbocycles. The Morgan fingerprint density at radius 1 is 1.13 bits per heavy atom. The molecule has 2 amide bonds. The van der Waals surface area contributed by atoms with Crippen molar-refractivity contribution in [2.45, 2.75) is 19.8 Å². The van der Waals surface area contributed by atoms with Crippen molar-refractivity contribution in [1.29, 1.82) is 0 Å². The van der Waals surface area contributed by atoms with Gasteiger partial charge in [0.1, 0.15) is 5.92 Å². The second kappa shape index (κ2) is 6.65. The van der Waals surface area contributed by atoms with E-state index in [9.17, 15) is 9.59 Å². The Hall–Kier alpha value is -2.62. The minimum absolute atomic E-state index is 0.126. The summed E-state index contributed by atoms with van der Waals surface area (Å²) in [6, 6.07) is 17.2. The van der Waals surface area contributed by atoms with Crippen molar-refractivity contribution in [3.05, 3.63) is 60.2 Å². The molecule has 4 nitrogen and oxygen atoms in total. The molecule has 0 aliphatic carbocycles. The highest BCUT2D eigenvalue weighted by Gasteiger charge is 2.37. The third kappa shape index (κ3) is 3.26. The van der Waals surface area contributed by atoms with Gasteiger partial charge in [-0.15, -0.1) is 0 Å². The molecule has 1 saturated heterocycles. The van der Waals surface area contributed by atoms with Gasteiger partial charge in [-0.2, -0.15) is 0 Å². The number of benzene rings is 2. The largest absolute Gasteiger partial charge is 0.325 e. The van der Waals surface area contributed by atoms with Crippen LogP contribution in [0.4, 0.5) is 11.4 Å². The van der Waals surface area contributed by atoms with Crippen LogP contribution in [0, 0.1) is 5.92 Å². The van der Waals surface area contributed by atoms with Gasteiger partial charge in [0.15, 0.2) is 0 Å². The highest BCUT2D eigenvalue weighted by Crippen LogP contribution is 2.26. The summed E-state index contributed by atoms with van der Waals surface area (Å²) in [5.74, 6) is -0.961. The van der Waals surface area contributed by atoms with E-state index in [4.69, 9.17) is 0 Å². The SMILES string of the molecule is CCc1ccc(NC(=O)[C@@H]2CCN(c3ccccc3)C2=O)cc1. The summed E-state index contributed by atoms with van der Waals surface area (Å²) in [5, 5.41) is 2.85. The van der Waals surface area contributed by atoms with E-state index in [-0.39, 0.29) is 11.8 Å². The van der Waals surface area contributed by atoms with Crippen molar-refractivity contribution in [2.24, 2.45) is 5.92 Å². The van der Waals surface area contributed by atoms with Gasteiger partial charge in [-0.1, -0.05) is 37.3 Å². The zero-order valence-corrected chi connectivity index (χ0v) is 13.2. The quantitative estimate of drug-likeness (QED) is 0.882. The fourth-order valence-electron chi connectivity index (χ4n) is 2.84. The molecule has 4 heteroatoms. The van der Waals surface area contributed by atoms with Gasteiger partial charge < -0.3 is 10.2 Å². The Balaban J connectivity index is 1.67. The van der Waals surface area contributed by atoms with E-state index in [1.54, 1.807) is 4.90 Å². The van der Waals surface area contributed by atoms with Crippen LogP contribution in [0.2, 0.25) is 0 Å². The summed E-state index contributed by atoms with van der Waals surface area (Å²) >= 11 is 0. The monoisotopic (exact) mass is 308 g/mol. The lowest BCUT2D eigenvalue weighted by atomic mass is 10.1. The molecule has 0 radical (unpaired) electrons. The third-order valence-corrected chi connectivity index (χ3v) is 4.22. The summed E-state index contributed by atoms with van der Waals surface area (Å²) in [4.78, 5) is 26.6. The predicted octanol–water partition coefficient (Wildman–Crippen LogP) is 3.24. The molecule has 2 aromatic rings. The zero-order chi connectivity index (χ0) is 16.2. The van der Waals surface area contributed by atoms with E-state index < -0.39 is 5.92 Å².